The lowest BCUT2D eigenvalue weighted by atomic mass is 9.96. The minimum atomic E-state index is -0.385. The predicted molar refractivity (Wildman–Crippen MR) is 186 cm³/mol. The molecule has 9 rings (SSSR count). The lowest BCUT2D eigenvalue weighted by Gasteiger charge is -2.25. The van der Waals surface area contributed by atoms with E-state index in [1.54, 1.807) is 0 Å². The number of amidine groups is 2. The van der Waals surface area contributed by atoms with Crippen LogP contribution in [0.3, 0.4) is 0 Å². The van der Waals surface area contributed by atoms with Crippen molar-refractivity contribution >= 4 is 55.2 Å². The zero-order chi connectivity index (χ0) is 29.7. The standard InChI is InChI=1S/C41H27N3O/c1-3-11-26(12-4-1)32-23-24-34(37-33-17-9-10-18-36(33)45-38(32)37)41-43-39(29-14-5-2-6-15-29)42-40(44-41)30-22-21-28-20-19-27-13-7-8-16-31(27)35(28)25-30/h1-25,41H,(H,42,43,44). The molecule has 8 aromatic rings. The SMILES string of the molecule is c1ccc(C2=NC(c3ccc(-c4ccccc4)c4oc5ccccc5c34)NC(c3ccc4ccc5ccccc5c4c3)=N2)cc1. The van der Waals surface area contributed by atoms with Crippen LogP contribution in [0.2, 0.25) is 0 Å². The van der Waals surface area contributed by atoms with Crippen LogP contribution in [0.25, 0.3) is 54.6 Å². The molecule has 1 aliphatic rings. The summed E-state index contributed by atoms with van der Waals surface area (Å²) in [5.74, 6) is 1.48. The first-order valence-electron chi connectivity index (χ1n) is 15.2. The number of hydrogen-bond donors (Lipinski definition) is 1. The summed E-state index contributed by atoms with van der Waals surface area (Å²) in [5.41, 5.74) is 6.92. The monoisotopic (exact) mass is 577 g/mol. The summed E-state index contributed by atoms with van der Waals surface area (Å²) < 4.78 is 6.58. The molecule has 1 N–H and O–H groups in total. The van der Waals surface area contributed by atoms with Gasteiger partial charge in [-0.25, -0.2) is 9.98 Å². The van der Waals surface area contributed by atoms with E-state index < -0.39 is 0 Å². The minimum absolute atomic E-state index is 0.385. The van der Waals surface area contributed by atoms with Gasteiger partial charge in [-0.05, 0) is 39.2 Å². The van der Waals surface area contributed by atoms with Crippen molar-refractivity contribution in [2.75, 3.05) is 0 Å². The van der Waals surface area contributed by atoms with Crippen molar-refractivity contribution in [3.63, 3.8) is 0 Å². The van der Waals surface area contributed by atoms with Crippen LogP contribution in [-0.4, -0.2) is 11.7 Å². The molecule has 0 spiro atoms. The van der Waals surface area contributed by atoms with E-state index in [2.05, 4.69) is 121 Å². The summed E-state index contributed by atoms with van der Waals surface area (Å²) in [6.45, 7) is 0. The topological polar surface area (TPSA) is 49.9 Å². The first kappa shape index (κ1) is 25.5. The third-order valence-corrected chi connectivity index (χ3v) is 8.73. The molecule has 4 nitrogen and oxygen atoms in total. The molecular weight excluding hydrogens is 550 g/mol. The number of hydrogen-bond acceptors (Lipinski definition) is 4. The van der Waals surface area contributed by atoms with Crippen molar-refractivity contribution in [3.8, 4) is 11.1 Å². The average molecular weight is 578 g/mol. The van der Waals surface area contributed by atoms with Gasteiger partial charge in [0.15, 0.2) is 5.84 Å². The fourth-order valence-electron chi connectivity index (χ4n) is 6.55. The van der Waals surface area contributed by atoms with Crippen LogP contribution in [0, 0.1) is 0 Å². The summed E-state index contributed by atoms with van der Waals surface area (Å²) in [6.07, 6.45) is -0.385. The van der Waals surface area contributed by atoms with E-state index in [-0.39, 0.29) is 6.17 Å². The average Bonchev–Trinajstić information content (AvgIpc) is 3.51. The van der Waals surface area contributed by atoms with E-state index in [1.807, 2.05) is 36.4 Å². The lowest BCUT2D eigenvalue weighted by Crippen LogP contribution is -2.33. The fraction of sp³-hybridized carbons (Fsp3) is 0.0244. The molecule has 0 radical (unpaired) electrons. The van der Waals surface area contributed by atoms with Gasteiger partial charge in [-0.1, -0.05) is 140 Å². The van der Waals surface area contributed by atoms with Gasteiger partial charge in [-0.3, -0.25) is 0 Å². The van der Waals surface area contributed by atoms with E-state index >= 15 is 0 Å². The third kappa shape index (κ3) is 4.30. The van der Waals surface area contributed by atoms with E-state index in [9.17, 15) is 0 Å². The largest absolute Gasteiger partial charge is 0.455 e. The number of fused-ring (bicyclic) bond motifs is 6. The highest BCUT2D eigenvalue weighted by molar-refractivity contribution is 6.17. The zero-order valence-corrected chi connectivity index (χ0v) is 24.3. The smallest absolute Gasteiger partial charge is 0.159 e. The Kier molecular flexibility index (Phi) is 5.85. The predicted octanol–water partition coefficient (Wildman–Crippen LogP) is 10.1. The minimum Gasteiger partial charge on any atom is -0.455 e. The first-order chi connectivity index (χ1) is 22.3. The zero-order valence-electron chi connectivity index (χ0n) is 24.3. The molecule has 1 atom stereocenters. The fourth-order valence-corrected chi connectivity index (χ4v) is 6.55. The highest BCUT2D eigenvalue weighted by atomic mass is 16.3. The van der Waals surface area contributed by atoms with Gasteiger partial charge in [0.1, 0.15) is 23.2 Å². The number of benzene rings is 7. The van der Waals surface area contributed by atoms with Gasteiger partial charge in [0.2, 0.25) is 0 Å². The Morgan fingerprint density at radius 3 is 2.02 bits per heavy atom. The van der Waals surface area contributed by atoms with Crippen LogP contribution >= 0.6 is 0 Å². The van der Waals surface area contributed by atoms with Crippen LogP contribution in [0.15, 0.2) is 166 Å². The molecule has 0 aliphatic carbocycles. The molecule has 7 aromatic carbocycles. The maximum atomic E-state index is 6.58. The van der Waals surface area contributed by atoms with Gasteiger partial charge in [-0.2, -0.15) is 0 Å². The van der Waals surface area contributed by atoms with Crippen LogP contribution in [0.4, 0.5) is 0 Å². The Labute approximate surface area is 260 Å². The molecule has 45 heavy (non-hydrogen) atoms. The summed E-state index contributed by atoms with van der Waals surface area (Å²) in [4.78, 5) is 10.3. The molecule has 1 unspecified atom stereocenters. The van der Waals surface area contributed by atoms with Gasteiger partial charge in [0, 0.05) is 33.0 Å². The third-order valence-electron chi connectivity index (χ3n) is 8.73. The molecule has 0 amide bonds. The summed E-state index contributed by atoms with van der Waals surface area (Å²) >= 11 is 0. The highest BCUT2D eigenvalue weighted by Crippen LogP contribution is 2.41. The molecule has 0 fully saturated rings. The second-order valence-electron chi connectivity index (χ2n) is 11.4. The Balaban J connectivity index is 1.25. The number of nitrogens with zero attached hydrogens (tertiary/aromatic N) is 2. The van der Waals surface area contributed by atoms with Gasteiger partial charge >= 0.3 is 0 Å². The van der Waals surface area contributed by atoms with Crippen molar-refractivity contribution < 1.29 is 4.42 Å². The van der Waals surface area contributed by atoms with Gasteiger partial charge in [-0.15, -0.1) is 0 Å². The number of rotatable bonds is 4. The van der Waals surface area contributed by atoms with Crippen LogP contribution in [0.1, 0.15) is 22.9 Å². The quantitative estimate of drug-likeness (QED) is 0.212. The van der Waals surface area contributed by atoms with Gasteiger partial charge in [0.05, 0.1) is 0 Å². The lowest BCUT2D eigenvalue weighted by molar-refractivity contribution is 0.663. The van der Waals surface area contributed by atoms with E-state index in [1.165, 1.54) is 21.5 Å². The molecule has 0 bridgehead atoms. The van der Waals surface area contributed by atoms with Gasteiger partial charge < -0.3 is 9.73 Å². The second-order valence-corrected chi connectivity index (χ2v) is 11.4. The number of furan rings is 1. The van der Waals surface area contributed by atoms with E-state index in [4.69, 9.17) is 14.4 Å². The summed E-state index contributed by atoms with van der Waals surface area (Å²) in [5, 5.41) is 10.7. The molecule has 1 aromatic heterocycles. The van der Waals surface area contributed by atoms with Crippen LogP contribution < -0.4 is 5.32 Å². The van der Waals surface area contributed by atoms with Crippen molar-refractivity contribution in [2.24, 2.45) is 9.98 Å². The van der Waals surface area contributed by atoms with Crippen molar-refractivity contribution in [1.82, 2.24) is 5.32 Å². The van der Waals surface area contributed by atoms with Gasteiger partial charge in [0.25, 0.3) is 0 Å². The normalized spacial score (nSPS) is 14.9. The second kappa shape index (κ2) is 10.3. The maximum absolute atomic E-state index is 6.58. The molecule has 0 saturated heterocycles. The number of nitrogens with one attached hydrogen (secondary N) is 1. The van der Waals surface area contributed by atoms with Crippen molar-refractivity contribution in [2.45, 2.75) is 6.17 Å². The van der Waals surface area contributed by atoms with E-state index in [0.29, 0.717) is 5.84 Å². The Morgan fingerprint density at radius 1 is 0.533 bits per heavy atom. The van der Waals surface area contributed by atoms with E-state index in [0.717, 1.165) is 55.6 Å². The summed E-state index contributed by atoms with van der Waals surface area (Å²) in [7, 11) is 0. The molecule has 4 heteroatoms. The molecule has 2 heterocycles. The van der Waals surface area contributed by atoms with Crippen LogP contribution in [0.5, 0.6) is 0 Å². The highest BCUT2D eigenvalue weighted by Gasteiger charge is 2.26. The molecule has 1 aliphatic heterocycles. The van der Waals surface area contributed by atoms with Crippen molar-refractivity contribution in [3.05, 3.63) is 168 Å². The molecular formula is C41H27N3O. The molecule has 212 valence electrons. The summed E-state index contributed by atoms with van der Waals surface area (Å²) in [6, 6.07) is 52.7. The van der Waals surface area contributed by atoms with Crippen LogP contribution in [-0.2, 0) is 0 Å². The number of para-hydroxylation sites is 1. The van der Waals surface area contributed by atoms with Crippen molar-refractivity contribution in [1.29, 1.82) is 0 Å². The Hall–Kier alpha value is -6.00. The number of aliphatic imine (C=N–C) groups is 2. The molecule has 0 saturated carbocycles. The Morgan fingerprint density at radius 2 is 1.20 bits per heavy atom. The Bertz CT molecular complexity index is 2460. The maximum Gasteiger partial charge on any atom is 0.159 e. The first-order valence-corrected chi connectivity index (χ1v) is 15.2.